The van der Waals surface area contributed by atoms with Crippen molar-refractivity contribution in [3.8, 4) is 0 Å². The molecule has 1 rings (SSSR count). The van der Waals surface area contributed by atoms with Gasteiger partial charge in [-0.15, -0.1) is 0 Å². The van der Waals surface area contributed by atoms with Crippen molar-refractivity contribution in [3.63, 3.8) is 0 Å². The van der Waals surface area contributed by atoms with Crippen LogP contribution in [0.15, 0.2) is 30.0 Å². The average molecular weight is 240 g/mol. The summed E-state index contributed by atoms with van der Waals surface area (Å²) in [6, 6.07) is 5.95. The molecule has 13 heavy (non-hydrogen) atoms. The lowest BCUT2D eigenvalue weighted by Crippen LogP contribution is -1.95. The second kappa shape index (κ2) is 5.18. The second-order valence-corrected chi connectivity index (χ2v) is 3.82. The summed E-state index contributed by atoms with van der Waals surface area (Å²) in [4.78, 5) is 4.25. The van der Waals surface area contributed by atoms with Crippen LogP contribution < -0.4 is 0 Å². The maximum Gasteiger partial charge on any atom is 0.0629 e. The van der Waals surface area contributed by atoms with Crippen molar-refractivity contribution in [1.82, 2.24) is 4.98 Å². The lowest BCUT2D eigenvalue weighted by Gasteiger charge is -2.06. The van der Waals surface area contributed by atoms with Gasteiger partial charge in [0.25, 0.3) is 0 Å². The zero-order valence-corrected chi connectivity index (χ0v) is 9.58. The fourth-order valence-electron chi connectivity index (χ4n) is 1.01. The van der Waals surface area contributed by atoms with Crippen molar-refractivity contribution in [2.24, 2.45) is 5.92 Å². The average Bonchev–Trinajstić information content (AvgIpc) is 2.15. The lowest BCUT2D eigenvalue weighted by molar-refractivity contribution is 0.780. The third-order valence-electron chi connectivity index (χ3n) is 1.92. The van der Waals surface area contributed by atoms with E-state index in [0.29, 0.717) is 5.92 Å². The van der Waals surface area contributed by atoms with E-state index in [-0.39, 0.29) is 0 Å². The van der Waals surface area contributed by atoms with E-state index in [4.69, 9.17) is 0 Å². The van der Waals surface area contributed by atoms with E-state index in [1.54, 1.807) is 0 Å². The van der Waals surface area contributed by atoms with Crippen LogP contribution in [0.1, 0.15) is 19.5 Å². The normalized spacial score (nSPS) is 12.2. The monoisotopic (exact) mass is 239 g/mol. The highest BCUT2D eigenvalue weighted by atomic mass is 79.9. The highest BCUT2D eigenvalue weighted by Crippen LogP contribution is 2.15. The molecular formula is C11H14BrN. The molecule has 0 aromatic carbocycles. The fourth-order valence-corrected chi connectivity index (χ4v) is 1.82. The third kappa shape index (κ3) is 3.31. The van der Waals surface area contributed by atoms with Crippen molar-refractivity contribution in [1.29, 1.82) is 0 Å². The van der Waals surface area contributed by atoms with Gasteiger partial charge in [-0.1, -0.05) is 41.4 Å². The van der Waals surface area contributed by atoms with Gasteiger partial charge < -0.3 is 0 Å². The number of hydrogen-bond donors (Lipinski definition) is 0. The number of allylic oxidation sites excluding steroid dienone is 1. The summed E-state index contributed by atoms with van der Waals surface area (Å²) >= 11 is 3.48. The number of aromatic nitrogens is 1. The molecule has 0 radical (unpaired) electrons. The predicted octanol–water partition coefficient (Wildman–Crippen LogP) is 3.52. The van der Waals surface area contributed by atoms with Gasteiger partial charge >= 0.3 is 0 Å². The number of nitrogens with zero attached hydrogens (tertiary/aromatic N) is 1. The smallest absolute Gasteiger partial charge is 0.0629 e. The third-order valence-corrected chi connectivity index (χ3v) is 2.56. The molecule has 1 nitrogen and oxygen atoms in total. The zero-order valence-electron chi connectivity index (χ0n) is 8.00. The van der Waals surface area contributed by atoms with Crippen molar-refractivity contribution >= 4 is 22.0 Å². The summed E-state index contributed by atoms with van der Waals surface area (Å²) in [5.74, 6) is 0.571. The molecule has 0 unspecified atom stereocenters. The zero-order chi connectivity index (χ0) is 9.68. The molecule has 0 aliphatic heterocycles. The largest absolute Gasteiger partial charge is 0.257 e. The first kappa shape index (κ1) is 10.5. The van der Waals surface area contributed by atoms with Gasteiger partial charge in [0.2, 0.25) is 0 Å². The van der Waals surface area contributed by atoms with E-state index in [1.165, 1.54) is 5.57 Å². The van der Waals surface area contributed by atoms with Gasteiger partial charge in [-0.05, 0) is 24.1 Å². The molecule has 0 spiro atoms. The first-order valence-electron chi connectivity index (χ1n) is 4.41. The van der Waals surface area contributed by atoms with Crippen LogP contribution in [0.4, 0.5) is 0 Å². The summed E-state index contributed by atoms with van der Waals surface area (Å²) in [5.41, 5.74) is 2.41. The summed E-state index contributed by atoms with van der Waals surface area (Å²) < 4.78 is 0. The Labute approximate surface area is 88.0 Å². The Morgan fingerprint density at radius 3 is 2.77 bits per heavy atom. The highest BCUT2D eigenvalue weighted by molar-refractivity contribution is 9.09. The van der Waals surface area contributed by atoms with Gasteiger partial charge in [-0.2, -0.15) is 0 Å². The van der Waals surface area contributed by atoms with Crippen LogP contribution >= 0.6 is 15.9 Å². The van der Waals surface area contributed by atoms with E-state index >= 15 is 0 Å². The lowest BCUT2D eigenvalue weighted by atomic mass is 10.0. The SMILES string of the molecule is CC(C)/C(=C/c1ccccn1)CBr. The predicted molar refractivity (Wildman–Crippen MR) is 60.8 cm³/mol. The molecule has 1 aromatic heterocycles. The summed E-state index contributed by atoms with van der Waals surface area (Å²) in [7, 11) is 0. The fraction of sp³-hybridized carbons (Fsp3) is 0.364. The molecule has 0 N–H and O–H groups in total. The summed E-state index contributed by atoms with van der Waals surface area (Å²) in [5, 5.41) is 0.918. The van der Waals surface area contributed by atoms with Crippen LogP contribution in [0.2, 0.25) is 0 Å². The van der Waals surface area contributed by atoms with Crippen LogP contribution in [0, 0.1) is 5.92 Å². The molecule has 0 aliphatic carbocycles. The molecule has 0 atom stereocenters. The molecule has 0 fully saturated rings. The maximum atomic E-state index is 4.25. The Balaban J connectivity index is 2.85. The standard InChI is InChI=1S/C11H14BrN/c1-9(2)10(8-12)7-11-5-3-4-6-13-11/h3-7,9H,8H2,1-2H3/b10-7+. The van der Waals surface area contributed by atoms with Gasteiger partial charge in [0, 0.05) is 11.5 Å². The second-order valence-electron chi connectivity index (χ2n) is 3.26. The van der Waals surface area contributed by atoms with Gasteiger partial charge in [0.05, 0.1) is 5.69 Å². The maximum absolute atomic E-state index is 4.25. The number of alkyl halides is 1. The van der Waals surface area contributed by atoms with E-state index in [9.17, 15) is 0 Å². The minimum Gasteiger partial charge on any atom is -0.257 e. The molecule has 0 aliphatic rings. The molecule has 2 heteroatoms. The quantitative estimate of drug-likeness (QED) is 0.736. The Morgan fingerprint density at radius 2 is 2.31 bits per heavy atom. The number of pyridine rings is 1. The van der Waals surface area contributed by atoms with Crippen LogP contribution in [0.3, 0.4) is 0 Å². The summed E-state index contributed by atoms with van der Waals surface area (Å²) in [6.07, 6.45) is 3.96. The van der Waals surface area contributed by atoms with Gasteiger partial charge in [-0.25, -0.2) is 0 Å². The summed E-state index contributed by atoms with van der Waals surface area (Å²) in [6.45, 7) is 4.38. The Morgan fingerprint density at radius 1 is 1.54 bits per heavy atom. The Kier molecular flexibility index (Phi) is 4.16. The first-order chi connectivity index (χ1) is 6.24. The van der Waals surface area contributed by atoms with Gasteiger partial charge in [0.1, 0.15) is 0 Å². The number of halogens is 1. The van der Waals surface area contributed by atoms with Crippen molar-refractivity contribution in [2.75, 3.05) is 5.33 Å². The minimum absolute atomic E-state index is 0.571. The van der Waals surface area contributed by atoms with Crippen molar-refractivity contribution < 1.29 is 0 Å². The topological polar surface area (TPSA) is 12.9 Å². The Bertz CT molecular complexity index is 277. The van der Waals surface area contributed by atoms with E-state index in [2.05, 4.69) is 40.8 Å². The number of hydrogen-bond acceptors (Lipinski definition) is 1. The Hall–Kier alpha value is -0.630. The number of rotatable bonds is 3. The highest BCUT2D eigenvalue weighted by Gasteiger charge is 2.01. The molecule has 1 heterocycles. The molecule has 0 saturated heterocycles. The van der Waals surface area contributed by atoms with E-state index in [0.717, 1.165) is 11.0 Å². The van der Waals surface area contributed by atoms with E-state index in [1.807, 2.05) is 24.4 Å². The molecule has 0 saturated carbocycles. The van der Waals surface area contributed by atoms with E-state index < -0.39 is 0 Å². The minimum atomic E-state index is 0.571. The van der Waals surface area contributed by atoms with Gasteiger partial charge in [-0.3, -0.25) is 4.98 Å². The van der Waals surface area contributed by atoms with Crippen LogP contribution in [0.5, 0.6) is 0 Å². The first-order valence-corrected chi connectivity index (χ1v) is 5.53. The van der Waals surface area contributed by atoms with Crippen LogP contribution in [0.25, 0.3) is 6.08 Å². The molecule has 0 bridgehead atoms. The van der Waals surface area contributed by atoms with Gasteiger partial charge in [0.15, 0.2) is 0 Å². The molecule has 1 aromatic rings. The van der Waals surface area contributed by atoms with Crippen LogP contribution in [-0.2, 0) is 0 Å². The van der Waals surface area contributed by atoms with Crippen molar-refractivity contribution in [2.45, 2.75) is 13.8 Å². The van der Waals surface area contributed by atoms with Crippen LogP contribution in [-0.4, -0.2) is 10.3 Å². The molecule has 0 amide bonds. The molecular weight excluding hydrogens is 226 g/mol. The van der Waals surface area contributed by atoms with Crippen molar-refractivity contribution in [3.05, 3.63) is 35.7 Å². The molecule has 70 valence electrons.